The summed E-state index contributed by atoms with van der Waals surface area (Å²) < 4.78 is 5.58. The number of Topliss-reactive ketones (excluding diaryl/α,β-unsaturated/α-hetero) is 2. The Hall–Kier alpha value is -3.13. The number of fused-ring (bicyclic) bond motifs is 1. The summed E-state index contributed by atoms with van der Waals surface area (Å²) in [5.41, 5.74) is 1.22. The normalized spacial score (nSPS) is 24.3. The van der Waals surface area contributed by atoms with Gasteiger partial charge in [-0.3, -0.25) is 19.7 Å². The van der Waals surface area contributed by atoms with Crippen molar-refractivity contribution in [3.8, 4) is 5.75 Å². The number of amides is 1. The van der Waals surface area contributed by atoms with Crippen molar-refractivity contribution in [2.75, 3.05) is 19.4 Å². The second kappa shape index (κ2) is 7.53. The Balaban J connectivity index is 1.58. The number of ketones is 2. The van der Waals surface area contributed by atoms with Gasteiger partial charge >= 0.3 is 0 Å². The fourth-order valence-corrected chi connectivity index (χ4v) is 4.38. The van der Waals surface area contributed by atoms with Gasteiger partial charge in [0, 0.05) is 32.1 Å². The molecule has 2 aliphatic rings. The Morgan fingerprint density at radius 1 is 1.16 bits per heavy atom. The van der Waals surface area contributed by atoms with Gasteiger partial charge < -0.3 is 19.7 Å². The van der Waals surface area contributed by atoms with E-state index >= 15 is 0 Å². The first-order valence-corrected chi connectivity index (χ1v) is 10.3. The van der Waals surface area contributed by atoms with E-state index in [2.05, 4.69) is 24.5 Å². The second-order valence-corrected chi connectivity index (χ2v) is 9.12. The van der Waals surface area contributed by atoms with Crippen molar-refractivity contribution in [2.45, 2.75) is 44.8 Å². The minimum atomic E-state index is -0.837. The summed E-state index contributed by atoms with van der Waals surface area (Å²) in [5.74, 6) is -0.760. The highest BCUT2D eigenvalue weighted by molar-refractivity contribution is 6.49. The number of benzene rings is 1. The van der Waals surface area contributed by atoms with Gasteiger partial charge in [0.25, 0.3) is 5.91 Å². The molecular weight excluding hydrogens is 398 g/mol. The third-order valence-electron chi connectivity index (χ3n) is 6.34. The predicted octanol–water partition coefficient (Wildman–Crippen LogP) is 2.29. The zero-order chi connectivity index (χ0) is 22.5. The number of carbonyl (C=O) groups is 3. The largest absolute Gasteiger partial charge is 0.505 e. The summed E-state index contributed by atoms with van der Waals surface area (Å²) in [5, 5.41) is 16.9. The summed E-state index contributed by atoms with van der Waals surface area (Å²) in [6.07, 6.45) is 3.36. The van der Waals surface area contributed by atoms with Gasteiger partial charge in [-0.1, -0.05) is 19.9 Å². The number of para-hydroxylation sites is 1. The number of aryl methyl sites for hydroxylation is 1. The van der Waals surface area contributed by atoms with Crippen LogP contribution in [-0.2, 0) is 16.0 Å². The number of furan rings is 1. The third kappa shape index (κ3) is 3.50. The summed E-state index contributed by atoms with van der Waals surface area (Å²) in [4.78, 5) is 38.5. The van der Waals surface area contributed by atoms with Crippen LogP contribution in [0.3, 0.4) is 0 Å². The highest BCUT2D eigenvalue weighted by Gasteiger charge is 2.52. The van der Waals surface area contributed by atoms with Gasteiger partial charge in [-0.15, -0.1) is 0 Å². The predicted molar refractivity (Wildman–Crippen MR) is 114 cm³/mol. The number of hydrogen-bond acceptors (Lipinski definition) is 7. The summed E-state index contributed by atoms with van der Waals surface area (Å²) >= 11 is 0. The van der Waals surface area contributed by atoms with Crippen LogP contribution < -0.4 is 10.6 Å². The molecular formula is C23H27N3O5. The van der Waals surface area contributed by atoms with Crippen LogP contribution in [-0.4, -0.2) is 53.7 Å². The van der Waals surface area contributed by atoms with E-state index in [-0.39, 0.29) is 34.4 Å². The Kier molecular flexibility index (Phi) is 5.13. The van der Waals surface area contributed by atoms with Crippen molar-refractivity contribution in [3.05, 3.63) is 47.4 Å². The Labute approximate surface area is 180 Å². The van der Waals surface area contributed by atoms with Crippen molar-refractivity contribution in [2.24, 2.45) is 5.41 Å². The zero-order valence-electron chi connectivity index (χ0n) is 18.1. The smallest absolute Gasteiger partial charge is 0.257 e. The Morgan fingerprint density at radius 2 is 1.87 bits per heavy atom. The number of carbonyl (C=O) groups excluding carboxylic acids is 3. The van der Waals surface area contributed by atoms with Gasteiger partial charge in [0.05, 0.1) is 17.5 Å². The topological polar surface area (TPSA) is 112 Å². The molecule has 4 rings (SSSR count). The molecule has 8 nitrogen and oxygen atoms in total. The van der Waals surface area contributed by atoms with Gasteiger partial charge in [0.1, 0.15) is 17.8 Å². The molecule has 1 heterocycles. The van der Waals surface area contributed by atoms with Crippen molar-refractivity contribution in [1.29, 1.82) is 0 Å². The Bertz CT molecular complexity index is 1060. The van der Waals surface area contributed by atoms with Crippen LogP contribution in [0.5, 0.6) is 5.75 Å². The number of nitrogens with one attached hydrogen (secondary N) is 2. The molecule has 0 bridgehead atoms. The lowest BCUT2D eigenvalue weighted by Crippen LogP contribution is -2.68. The first-order chi connectivity index (χ1) is 14.6. The lowest BCUT2D eigenvalue weighted by molar-refractivity contribution is -0.146. The quantitative estimate of drug-likeness (QED) is 0.498. The van der Waals surface area contributed by atoms with Gasteiger partial charge in [-0.25, -0.2) is 0 Å². The Morgan fingerprint density at radius 3 is 2.58 bits per heavy atom. The molecule has 2 aromatic rings. The average molecular weight is 425 g/mol. The monoisotopic (exact) mass is 425 g/mol. The molecule has 3 unspecified atom stereocenters. The average Bonchev–Trinajstić information content (AvgIpc) is 3.20. The van der Waals surface area contributed by atoms with Crippen molar-refractivity contribution < 1.29 is 23.9 Å². The first-order valence-electron chi connectivity index (χ1n) is 10.3. The molecule has 0 radical (unpaired) electrons. The molecule has 1 saturated carbocycles. The van der Waals surface area contributed by atoms with Crippen LogP contribution in [0, 0.1) is 5.41 Å². The van der Waals surface area contributed by atoms with E-state index in [1.54, 1.807) is 32.5 Å². The molecule has 1 aromatic carbocycles. The lowest BCUT2D eigenvalue weighted by atomic mass is 9.71. The molecule has 0 spiro atoms. The molecule has 2 aliphatic carbocycles. The molecule has 1 fully saturated rings. The molecule has 164 valence electrons. The van der Waals surface area contributed by atoms with Crippen LogP contribution in [0.25, 0.3) is 0 Å². The van der Waals surface area contributed by atoms with E-state index in [0.717, 1.165) is 24.2 Å². The SMILES string of the molecule is CN(C)C(=O)c1cccc(NC2C(=O)C(=O)C2NC2c3ccoc3CCC2(C)C)c1O. The van der Waals surface area contributed by atoms with E-state index in [1.807, 2.05) is 6.07 Å². The van der Waals surface area contributed by atoms with E-state index < -0.39 is 23.7 Å². The minimum absolute atomic E-state index is 0.120. The maximum Gasteiger partial charge on any atom is 0.257 e. The van der Waals surface area contributed by atoms with Gasteiger partial charge in [0.15, 0.2) is 5.75 Å². The van der Waals surface area contributed by atoms with Crippen LogP contribution in [0.1, 0.15) is 48.0 Å². The molecule has 8 heteroatoms. The summed E-state index contributed by atoms with van der Waals surface area (Å²) in [7, 11) is 3.18. The summed E-state index contributed by atoms with van der Waals surface area (Å²) in [6, 6.07) is 4.88. The lowest BCUT2D eigenvalue weighted by Gasteiger charge is -2.44. The first kappa shape index (κ1) is 21.1. The summed E-state index contributed by atoms with van der Waals surface area (Å²) in [6.45, 7) is 4.24. The highest BCUT2D eigenvalue weighted by Crippen LogP contribution is 2.45. The van der Waals surface area contributed by atoms with Gasteiger partial charge in [-0.2, -0.15) is 0 Å². The minimum Gasteiger partial charge on any atom is -0.505 e. The fourth-order valence-electron chi connectivity index (χ4n) is 4.38. The second-order valence-electron chi connectivity index (χ2n) is 9.12. The van der Waals surface area contributed by atoms with E-state index in [9.17, 15) is 19.5 Å². The maximum atomic E-state index is 12.4. The third-order valence-corrected chi connectivity index (χ3v) is 6.34. The number of nitrogens with zero attached hydrogens (tertiary/aromatic N) is 1. The van der Waals surface area contributed by atoms with Crippen LogP contribution in [0.2, 0.25) is 0 Å². The van der Waals surface area contributed by atoms with Gasteiger partial charge in [0.2, 0.25) is 11.6 Å². The van der Waals surface area contributed by atoms with E-state index in [4.69, 9.17) is 4.42 Å². The van der Waals surface area contributed by atoms with Crippen LogP contribution in [0.4, 0.5) is 5.69 Å². The standard InChI is InChI=1S/C23H27N3O5/c1-23(2)10-8-15-12(9-11-31-15)21(23)25-17-16(19(28)20(17)29)24-14-7-5-6-13(18(14)27)22(30)26(3)4/h5-7,9,11,16-17,21,24-25,27H,8,10H2,1-4H3. The van der Waals surface area contributed by atoms with Crippen molar-refractivity contribution in [3.63, 3.8) is 0 Å². The molecule has 1 aromatic heterocycles. The molecule has 0 aliphatic heterocycles. The fraction of sp³-hybridized carbons (Fsp3) is 0.435. The zero-order valence-corrected chi connectivity index (χ0v) is 18.1. The number of aromatic hydroxyl groups is 1. The van der Waals surface area contributed by atoms with Crippen LogP contribution in [0.15, 0.2) is 34.9 Å². The van der Waals surface area contributed by atoms with Crippen molar-refractivity contribution in [1.82, 2.24) is 10.2 Å². The van der Waals surface area contributed by atoms with E-state index in [1.165, 1.54) is 11.0 Å². The highest BCUT2D eigenvalue weighted by atomic mass is 16.3. The molecule has 31 heavy (non-hydrogen) atoms. The number of phenolic OH excluding ortho intramolecular Hbond substituents is 1. The molecule has 3 atom stereocenters. The number of hydrogen-bond donors (Lipinski definition) is 3. The number of anilines is 1. The maximum absolute atomic E-state index is 12.4. The molecule has 1 amide bonds. The number of phenols is 1. The molecule has 0 saturated heterocycles. The number of rotatable bonds is 5. The van der Waals surface area contributed by atoms with Crippen molar-refractivity contribution >= 4 is 23.2 Å². The van der Waals surface area contributed by atoms with Crippen LogP contribution >= 0.6 is 0 Å². The molecule has 3 N–H and O–H groups in total. The van der Waals surface area contributed by atoms with E-state index in [0.29, 0.717) is 0 Å². The van der Waals surface area contributed by atoms with Gasteiger partial charge in [-0.05, 0) is 30.0 Å².